The molecule has 0 bridgehead atoms. The number of benzene rings is 1. The zero-order chi connectivity index (χ0) is 12.3. The molecular weight excluding hydrogens is 241 g/mol. The predicted octanol–water partition coefficient (Wildman–Crippen LogP) is 3.17. The molecule has 17 heavy (non-hydrogen) atoms. The maximum Gasteiger partial charge on any atom is 0.183 e. The topological polar surface area (TPSA) is 21.3 Å². The van der Waals surface area contributed by atoms with Gasteiger partial charge in [0.25, 0.3) is 0 Å². The molecule has 1 saturated carbocycles. The second-order valence-corrected chi connectivity index (χ2v) is 4.65. The van der Waals surface area contributed by atoms with Crippen LogP contribution in [0, 0.1) is 5.82 Å². The fourth-order valence-corrected chi connectivity index (χ4v) is 1.57. The summed E-state index contributed by atoms with van der Waals surface area (Å²) in [4.78, 5) is 0. The third-order valence-electron chi connectivity index (χ3n) is 2.57. The highest BCUT2D eigenvalue weighted by molar-refractivity contribution is 6.30. The van der Waals surface area contributed by atoms with Crippen molar-refractivity contribution in [1.29, 1.82) is 0 Å². The summed E-state index contributed by atoms with van der Waals surface area (Å²) in [7, 11) is 0. The minimum atomic E-state index is -0.517. The van der Waals surface area contributed by atoms with Gasteiger partial charge >= 0.3 is 0 Å². The first-order chi connectivity index (χ1) is 8.16. The first-order valence-corrected chi connectivity index (χ1v) is 6.01. The highest BCUT2D eigenvalue weighted by atomic mass is 35.5. The minimum Gasteiger partial charge on any atom is -0.486 e. The first kappa shape index (κ1) is 12.4. The van der Waals surface area contributed by atoms with Crippen molar-refractivity contribution in [3.8, 4) is 5.75 Å². The van der Waals surface area contributed by atoms with Gasteiger partial charge in [0, 0.05) is 12.6 Å². The lowest BCUT2D eigenvalue weighted by atomic mass is 10.3. The summed E-state index contributed by atoms with van der Waals surface area (Å²) in [5, 5.41) is 3.39. The lowest BCUT2D eigenvalue weighted by Crippen LogP contribution is -2.21. The van der Waals surface area contributed by atoms with Gasteiger partial charge in [0.1, 0.15) is 6.61 Å². The fourth-order valence-electron chi connectivity index (χ4n) is 1.40. The second kappa shape index (κ2) is 5.52. The standard InChI is InChI=1S/C13H15ClFNO/c1-9(7-16-10-5-6-10)8-17-12-4-2-3-11(14)13(12)15/h2-4,10,16H,1,5-8H2. The fraction of sp³-hybridized carbons (Fsp3) is 0.385. The molecule has 2 nitrogen and oxygen atoms in total. The molecular formula is C13H15ClFNO. The van der Waals surface area contributed by atoms with Gasteiger partial charge in [-0.05, 0) is 30.5 Å². The molecule has 0 atom stereocenters. The van der Waals surface area contributed by atoms with Crippen molar-refractivity contribution < 1.29 is 9.13 Å². The predicted molar refractivity (Wildman–Crippen MR) is 67.1 cm³/mol. The number of ether oxygens (including phenoxy) is 1. The minimum absolute atomic E-state index is 0.0733. The maximum absolute atomic E-state index is 13.5. The lowest BCUT2D eigenvalue weighted by Gasteiger charge is -2.10. The largest absolute Gasteiger partial charge is 0.486 e. The van der Waals surface area contributed by atoms with Gasteiger partial charge in [-0.2, -0.15) is 0 Å². The Morgan fingerprint density at radius 3 is 3.00 bits per heavy atom. The van der Waals surface area contributed by atoms with Crippen molar-refractivity contribution in [2.45, 2.75) is 18.9 Å². The number of nitrogens with one attached hydrogen (secondary N) is 1. The molecule has 1 aromatic carbocycles. The van der Waals surface area contributed by atoms with Gasteiger partial charge in [0.2, 0.25) is 0 Å². The van der Waals surface area contributed by atoms with E-state index in [0.717, 1.165) is 5.57 Å². The quantitative estimate of drug-likeness (QED) is 0.789. The Labute approximate surface area is 105 Å². The Hall–Kier alpha value is -1.06. The zero-order valence-corrected chi connectivity index (χ0v) is 10.3. The molecule has 0 unspecified atom stereocenters. The van der Waals surface area contributed by atoms with E-state index in [0.29, 0.717) is 19.2 Å². The van der Waals surface area contributed by atoms with Crippen molar-refractivity contribution in [2.24, 2.45) is 0 Å². The van der Waals surface area contributed by atoms with E-state index >= 15 is 0 Å². The molecule has 1 N–H and O–H groups in total. The van der Waals surface area contributed by atoms with Crippen molar-refractivity contribution in [2.75, 3.05) is 13.2 Å². The molecule has 0 heterocycles. The molecule has 0 spiro atoms. The van der Waals surface area contributed by atoms with Crippen molar-refractivity contribution in [1.82, 2.24) is 5.32 Å². The van der Waals surface area contributed by atoms with Crippen LogP contribution in [-0.4, -0.2) is 19.2 Å². The van der Waals surface area contributed by atoms with Crippen molar-refractivity contribution in [3.63, 3.8) is 0 Å². The molecule has 0 aromatic heterocycles. The van der Waals surface area contributed by atoms with E-state index in [4.69, 9.17) is 16.3 Å². The molecule has 4 heteroatoms. The van der Waals surface area contributed by atoms with E-state index in [-0.39, 0.29) is 10.8 Å². The van der Waals surface area contributed by atoms with E-state index in [2.05, 4.69) is 11.9 Å². The van der Waals surface area contributed by atoms with E-state index in [1.54, 1.807) is 12.1 Å². The van der Waals surface area contributed by atoms with Crippen LogP contribution in [0.5, 0.6) is 5.75 Å². The third-order valence-corrected chi connectivity index (χ3v) is 2.86. The van der Waals surface area contributed by atoms with Gasteiger partial charge < -0.3 is 10.1 Å². The Bertz CT molecular complexity index is 418. The smallest absolute Gasteiger partial charge is 0.183 e. The average Bonchev–Trinajstić information content (AvgIpc) is 3.12. The average molecular weight is 256 g/mol. The van der Waals surface area contributed by atoms with Crippen molar-refractivity contribution >= 4 is 11.6 Å². The van der Waals surface area contributed by atoms with Gasteiger partial charge in [0.05, 0.1) is 5.02 Å². The molecule has 0 aliphatic heterocycles. The van der Waals surface area contributed by atoms with Gasteiger partial charge in [-0.15, -0.1) is 0 Å². The Morgan fingerprint density at radius 1 is 1.53 bits per heavy atom. The summed E-state index contributed by atoms with van der Waals surface area (Å²) in [6.07, 6.45) is 2.47. The second-order valence-electron chi connectivity index (χ2n) is 4.25. The molecule has 0 radical (unpaired) electrons. The van der Waals surface area contributed by atoms with E-state index in [1.165, 1.54) is 18.9 Å². The monoisotopic (exact) mass is 255 g/mol. The van der Waals surface area contributed by atoms with Crippen LogP contribution < -0.4 is 10.1 Å². The zero-order valence-electron chi connectivity index (χ0n) is 9.51. The van der Waals surface area contributed by atoms with Crippen LogP contribution in [0.25, 0.3) is 0 Å². The summed E-state index contributed by atoms with van der Waals surface area (Å²) in [6, 6.07) is 5.34. The number of halogens is 2. The lowest BCUT2D eigenvalue weighted by molar-refractivity contribution is 0.329. The van der Waals surface area contributed by atoms with Gasteiger partial charge in [-0.1, -0.05) is 24.2 Å². The summed E-state index contributed by atoms with van der Waals surface area (Å²) in [5.41, 5.74) is 0.899. The van der Waals surface area contributed by atoms with Crippen LogP contribution in [0.4, 0.5) is 4.39 Å². The third kappa shape index (κ3) is 3.72. The summed E-state index contributed by atoms with van der Waals surface area (Å²) >= 11 is 5.65. The Balaban J connectivity index is 1.79. The molecule has 2 rings (SSSR count). The molecule has 1 aliphatic rings. The molecule has 1 fully saturated rings. The van der Waals surface area contributed by atoms with Crippen LogP contribution in [0.15, 0.2) is 30.4 Å². The Morgan fingerprint density at radius 2 is 2.29 bits per heavy atom. The Kier molecular flexibility index (Phi) is 4.02. The number of hydrogen-bond donors (Lipinski definition) is 1. The highest BCUT2D eigenvalue weighted by Crippen LogP contribution is 2.24. The maximum atomic E-state index is 13.5. The van der Waals surface area contributed by atoms with Crippen molar-refractivity contribution in [3.05, 3.63) is 41.2 Å². The summed E-state index contributed by atoms with van der Waals surface area (Å²) in [6.45, 7) is 4.90. The first-order valence-electron chi connectivity index (χ1n) is 5.63. The number of hydrogen-bond acceptors (Lipinski definition) is 2. The van der Waals surface area contributed by atoms with E-state index in [1.807, 2.05) is 0 Å². The van der Waals surface area contributed by atoms with Crippen LogP contribution in [-0.2, 0) is 0 Å². The van der Waals surface area contributed by atoms with Crippen LogP contribution in [0.1, 0.15) is 12.8 Å². The van der Waals surface area contributed by atoms with Crippen LogP contribution >= 0.6 is 11.6 Å². The molecule has 0 amide bonds. The van der Waals surface area contributed by atoms with Gasteiger partial charge in [-0.25, -0.2) is 4.39 Å². The highest BCUT2D eigenvalue weighted by Gasteiger charge is 2.20. The molecule has 92 valence electrons. The SMILES string of the molecule is C=C(CNC1CC1)COc1cccc(Cl)c1F. The number of rotatable bonds is 6. The summed E-state index contributed by atoms with van der Waals surface area (Å²) in [5.74, 6) is -0.345. The normalized spacial score (nSPS) is 14.7. The molecule has 1 aliphatic carbocycles. The summed E-state index contributed by atoms with van der Waals surface area (Å²) < 4.78 is 18.8. The van der Waals surface area contributed by atoms with Gasteiger partial charge in [0.15, 0.2) is 11.6 Å². The van der Waals surface area contributed by atoms with E-state index < -0.39 is 5.82 Å². The molecule has 0 saturated heterocycles. The molecule has 1 aromatic rings. The van der Waals surface area contributed by atoms with Crippen LogP contribution in [0.2, 0.25) is 5.02 Å². The van der Waals surface area contributed by atoms with Crippen LogP contribution in [0.3, 0.4) is 0 Å². The van der Waals surface area contributed by atoms with E-state index in [9.17, 15) is 4.39 Å². The van der Waals surface area contributed by atoms with Gasteiger partial charge in [-0.3, -0.25) is 0 Å².